The maximum Gasteiger partial charge on any atom is 0.355 e. The number of nitriles is 1. The molecule has 2 heterocycles. The smallest absolute Gasteiger partial charge is 0.355 e. The number of ether oxygens (including phenoxy) is 4. The minimum Gasteiger partial charge on any atom is -0.486 e. The molecule has 0 saturated heterocycles. The van der Waals surface area contributed by atoms with Gasteiger partial charge < -0.3 is 24.7 Å². The standard InChI is InChI=1S/C31H25N3O7/c1-38-30(36)26-25(18-9-5-3-6-10-18)21(17-32)29(33)34(27(26)31(37)39-2)22-16-24-23(40-13-14-41-24)15-20(22)28(35)19-11-7-4-8-12-19/h3-12,15-16,25H,13-14,33H2,1-2H3. The van der Waals surface area contributed by atoms with Crippen molar-refractivity contribution < 1.29 is 33.3 Å². The van der Waals surface area contributed by atoms with Gasteiger partial charge in [0.15, 0.2) is 17.3 Å². The number of benzene rings is 3. The molecule has 2 aliphatic rings. The SMILES string of the molecule is COC(=O)C1=C(C(=O)OC)N(c2cc3c(cc2C(=O)c2ccccc2)OCCO3)C(N)=C(C#N)C1c1ccccc1. The topological polar surface area (TPSA) is 141 Å². The number of carbonyl (C=O) groups is 3. The Labute approximate surface area is 235 Å². The van der Waals surface area contributed by atoms with Crippen LogP contribution in [0.3, 0.4) is 0 Å². The lowest BCUT2D eigenvalue weighted by atomic mass is 9.80. The van der Waals surface area contributed by atoms with Gasteiger partial charge in [0.2, 0.25) is 0 Å². The number of nitrogens with two attached hydrogens (primary N) is 1. The number of nitrogens with zero attached hydrogens (tertiary/aromatic N) is 2. The van der Waals surface area contributed by atoms with Crippen LogP contribution in [-0.2, 0) is 19.1 Å². The molecule has 0 amide bonds. The van der Waals surface area contributed by atoms with Gasteiger partial charge in [0.05, 0.1) is 48.6 Å². The van der Waals surface area contributed by atoms with E-state index in [2.05, 4.69) is 6.07 Å². The molecule has 0 aliphatic carbocycles. The number of esters is 2. The molecule has 1 atom stereocenters. The van der Waals surface area contributed by atoms with Gasteiger partial charge in [-0.3, -0.25) is 9.69 Å². The zero-order valence-electron chi connectivity index (χ0n) is 22.2. The van der Waals surface area contributed by atoms with Crippen molar-refractivity contribution in [2.24, 2.45) is 5.73 Å². The fourth-order valence-electron chi connectivity index (χ4n) is 4.95. The lowest BCUT2D eigenvalue weighted by molar-refractivity contribution is -0.139. The number of fused-ring (bicyclic) bond motifs is 1. The van der Waals surface area contributed by atoms with Crippen LogP contribution in [0.5, 0.6) is 11.5 Å². The van der Waals surface area contributed by atoms with E-state index in [-0.39, 0.29) is 52.9 Å². The molecular formula is C31H25N3O7. The van der Waals surface area contributed by atoms with E-state index < -0.39 is 23.6 Å². The van der Waals surface area contributed by atoms with Gasteiger partial charge in [-0.1, -0.05) is 60.7 Å². The second-order valence-corrected chi connectivity index (χ2v) is 9.04. The van der Waals surface area contributed by atoms with Gasteiger partial charge in [0.25, 0.3) is 0 Å². The van der Waals surface area contributed by atoms with Gasteiger partial charge >= 0.3 is 11.9 Å². The second-order valence-electron chi connectivity index (χ2n) is 9.04. The van der Waals surface area contributed by atoms with Crippen molar-refractivity contribution in [1.29, 1.82) is 5.26 Å². The van der Waals surface area contributed by atoms with Crippen molar-refractivity contribution in [2.75, 3.05) is 32.3 Å². The molecule has 1 unspecified atom stereocenters. The summed E-state index contributed by atoms with van der Waals surface area (Å²) in [4.78, 5) is 42.0. The molecule has 0 spiro atoms. The summed E-state index contributed by atoms with van der Waals surface area (Å²) in [5.41, 5.74) is 7.21. The van der Waals surface area contributed by atoms with Gasteiger partial charge in [0, 0.05) is 11.6 Å². The first-order valence-electron chi connectivity index (χ1n) is 12.6. The number of hydrogen-bond donors (Lipinski definition) is 1. The third-order valence-corrected chi connectivity index (χ3v) is 6.79. The third-order valence-electron chi connectivity index (χ3n) is 6.79. The van der Waals surface area contributed by atoms with Crippen LogP contribution in [-0.4, -0.2) is 45.2 Å². The van der Waals surface area contributed by atoms with E-state index in [1.54, 1.807) is 60.7 Å². The Morgan fingerprint density at radius 1 is 0.902 bits per heavy atom. The number of ketones is 1. The van der Waals surface area contributed by atoms with Crippen LogP contribution < -0.4 is 20.1 Å². The molecule has 0 saturated carbocycles. The Hall–Kier alpha value is -5.56. The highest BCUT2D eigenvalue weighted by Gasteiger charge is 2.44. The molecule has 0 bridgehead atoms. The van der Waals surface area contributed by atoms with Crippen LogP contribution in [0.15, 0.2) is 95.5 Å². The van der Waals surface area contributed by atoms with E-state index in [1.165, 1.54) is 24.1 Å². The second kappa shape index (κ2) is 11.3. The lowest BCUT2D eigenvalue weighted by Crippen LogP contribution is -2.41. The van der Waals surface area contributed by atoms with Crippen molar-refractivity contribution in [3.05, 3.63) is 112 Å². The molecular weight excluding hydrogens is 526 g/mol. The summed E-state index contributed by atoms with van der Waals surface area (Å²) in [7, 11) is 2.32. The highest BCUT2D eigenvalue weighted by atomic mass is 16.6. The fourth-order valence-corrected chi connectivity index (χ4v) is 4.95. The third kappa shape index (κ3) is 4.74. The van der Waals surface area contributed by atoms with Crippen molar-refractivity contribution in [1.82, 2.24) is 0 Å². The summed E-state index contributed by atoms with van der Waals surface area (Å²) in [5, 5.41) is 10.3. The molecule has 10 heteroatoms. The predicted octanol–water partition coefficient (Wildman–Crippen LogP) is 3.59. The summed E-state index contributed by atoms with van der Waals surface area (Å²) in [6.45, 7) is 0.518. The molecule has 2 N–H and O–H groups in total. The molecule has 2 aliphatic heterocycles. The number of rotatable bonds is 6. The zero-order valence-corrected chi connectivity index (χ0v) is 22.2. The van der Waals surface area contributed by atoms with Gasteiger partial charge in [-0.15, -0.1) is 0 Å². The average molecular weight is 552 g/mol. The average Bonchev–Trinajstić information content (AvgIpc) is 3.03. The Morgan fingerprint density at radius 3 is 2.07 bits per heavy atom. The Balaban J connectivity index is 1.86. The number of hydrogen-bond acceptors (Lipinski definition) is 10. The minimum atomic E-state index is -1.05. The number of anilines is 1. The number of carbonyl (C=O) groups excluding carboxylic acids is 3. The van der Waals surface area contributed by atoms with Crippen molar-refractivity contribution in [3.63, 3.8) is 0 Å². The van der Waals surface area contributed by atoms with E-state index in [9.17, 15) is 19.6 Å². The van der Waals surface area contributed by atoms with Crippen LogP contribution in [0.4, 0.5) is 5.69 Å². The molecule has 0 aromatic heterocycles. The minimum absolute atomic E-state index is 0.0303. The first kappa shape index (κ1) is 27.0. The maximum absolute atomic E-state index is 13.9. The van der Waals surface area contributed by atoms with E-state index in [0.717, 1.165) is 7.11 Å². The first-order chi connectivity index (χ1) is 19.9. The lowest BCUT2D eigenvalue weighted by Gasteiger charge is -2.37. The molecule has 10 nitrogen and oxygen atoms in total. The number of methoxy groups -OCH3 is 2. The van der Waals surface area contributed by atoms with Crippen LogP contribution in [0.25, 0.3) is 0 Å². The molecule has 3 aromatic carbocycles. The Bertz CT molecular complexity index is 1640. The largest absolute Gasteiger partial charge is 0.486 e. The molecule has 0 fully saturated rings. The van der Waals surface area contributed by atoms with E-state index in [0.29, 0.717) is 16.9 Å². The molecule has 5 rings (SSSR count). The fraction of sp³-hybridized carbons (Fsp3) is 0.161. The summed E-state index contributed by atoms with van der Waals surface area (Å²) in [5.74, 6) is -2.85. The summed E-state index contributed by atoms with van der Waals surface area (Å²) < 4.78 is 21.7. The van der Waals surface area contributed by atoms with E-state index in [4.69, 9.17) is 24.7 Å². The molecule has 41 heavy (non-hydrogen) atoms. The van der Waals surface area contributed by atoms with E-state index in [1.807, 2.05) is 0 Å². The monoisotopic (exact) mass is 551 g/mol. The quantitative estimate of drug-likeness (QED) is 0.357. The summed E-state index contributed by atoms with van der Waals surface area (Å²) in [6, 6.07) is 22.2. The van der Waals surface area contributed by atoms with Gasteiger partial charge in [0.1, 0.15) is 24.7 Å². The molecule has 3 aromatic rings. The first-order valence-corrected chi connectivity index (χ1v) is 12.6. The van der Waals surface area contributed by atoms with Crippen molar-refractivity contribution >= 4 is 23.4 Å². The number of allylic oxidation sites excluding steroid dienone is 1. The highest BCUT2D eigenvalue weighted by molar-refractivity contribution is 6.15. The van der Waals surface area contributed by atoms with Crippen molar-refractivity contribution in [2.45, 2.75) is 5.92 Å². The normalized spacial score (nSPS) is 16.1. The molecule has 0 radical (unpaired) electrons. The Morgan fingerprint density at radius 2 is 1.49 bits per heavy atom. The Kier molecular flexibility index (Phi) is 7.43. The highest BCUT2D eigenvalue weighted by Crippen LogP contribution is 2.46. The van der Waals surface area contributed by atoms with Crippen LogP contribution in [0, 0.1) is 11.3 Å². The summed E-state index contributed by atoms with van der Waals surface area (Å²) >= 11 is 0. The van der Waals surface area contributed by atoms with Crippen LogP contribution in [0.2, 0.25) is 0 Å². The van der Waals surface area contributed by atoms with Crippen molar-refractivity contribution in [3.8, 4) is 17.6 Å². The maximum atomic E-state index is 13.9. The zero-order chi connectivity index (χ0) is 29.1. The van der Waals surface area contributed by atoms with Gasteiger partial charge in [-0.05, 0) is 11.6 Å². The van der Waals surface area contributed by atoms with E-state index >= 15 is 0 Å². The van der Waals surface area contributed by atoms with Crippen LogP contribution in [0.1, 0.15) is 27.4 Å². The van der Waals surface area contributed by atoms with Crippen LogP contribution >= 0.6 is 0 Å². The van der Waals surface area contributed by atoms with Gasteiger partial charge in [-0.2, -0.15) is 5.26 Å². The molecule has 206 valence electrons. The summed E-state index contributed by atoms with van der Waals surface area (Å²) in [6.07, 6.45) is 0. The van der Waals surface area contributed by atoms with Gasteiger partial charge in [-0.25, -0.2) is 9.59 Å². The predicted molar refractivity (Wildman–Crippen MR) is 147 cm³/mol.